The predicted octanol–water partition coefficient (Wildman–Crippen LogP) is 2.77. The molecule has 0 saturated heterocycles. The monoisotopic (exact) mass is 318 g/mol. The summed E-state index contributed by atoms with van der Waals surface area (Å²) in [6, 6.07) is 4.33. The summed E-state index contributed by atoms with van der Waals surface area (Å²) in [5.41, 5.74) is 0.852. The van der Waals surface area contributed by atoms with Gasteiger partial charge in [0.1, 0.15) is 11.4 Å². The highest BCUT2D eigenvalue weighted by Gasteiger charge is 2.20. The molecule has 0 bridgehead atoms. The van der Waals surface area contributed by atoms with Gasteiger partial charge >= 0.3 is 0 Å². The number of nitrogens with one attached hydrogen (secondary N) is 1. The molecule has 8 heteroatoms. The highest BCUT2D eigenvalue weighted by Crippen LogP contribution is 2.29. The van der Waals surface area contributed by atoms with Gasteiger partial charge < -0.3 is 10.1 Å². The molecular formula is C15H18N4O4. The molecule has 0 aliphatic carbocycles. The summed E-state index contributed by atoms with van der Waals surface area (Å²) in [6.07, 6.45) is 1.62. The molecule has 0 atom stereocenters. The third kappa shape index (κ3) is 3.65. The summed E-state index contributed by atoms with van der Waals surface area (Å²) in [7, 11) is 0. The van der Waals surface area contributed by atoms with Crippen LogP contribution in [0, 0.1) is 17.0 Å². The molecule has 0 saturated carbocycles. The second-order valence-corrected chi connectivity index (χ2v) is 4.81. The Morgan fingerprint density at radius 2 is 2.17 bits per heavy atom. The number of benzene rings is 1. The Kier molecular flexibility index (Phi) is 4.95. The van der Waals surface area contributed by atoms with E-state index in [0.717, 1.165) is 0 Å². The summed E-state index contributed by atoms with van der Waals surface area (Å²) in [5.74, 6) is -0.0540. The van der Waals surface area contributed by atoms with Crippen molar-refractivity contribution in [2.45, 2.75) is 27.3 Å². The quantitative estimate of drug-likeness (QED) is 0.652. The third-order valence-corrected chi connectivity index (χ3v) is 3.24. The average molecular weight is 318 g/mol. The van der Waals surface area contributed by atoms with Crippen LogP contribution in [-0.2, 0) is 6.54 Å². The lowest BCUT2D eigenvalue weighted by Gasteiger charge is -2.08. The lowest BCUT2D eigenvalue weighted by atomic mass is 10.2. The number of nitrogens with zero attached hydrogens (tertiary/aromatic N) is 3. The highest BCUT2D eigenvalue weighted by molar-refractivity contribution is 6.06. The first-order valence-electron chi connectivity index (χ1n) is 7.22. The van der Waals surface area contributed by atoms with Gasteiger partial charge in [0.2, 0.25) is 0 Å². The van der Waals surface area contributed by atoms with Crippen molar-refractivity contribution in [1.29, 1.82) is 0 Å². The highest BCUT2D eigenvalue weighted by atomic mass is 16.6. The molecule has 1 N–H and O–H groups in total. The van der Waals surface area contributed by atoms with Gasteiger partial charge in [-0.05, 0) is 32.9 Å². The van der Waals surface area contributed by atoms with Crippen LogP contribution >= 0.6 is 0 Å². The van der Waals surface area contributed by atoms with Crippen LogP contribution in [0.25, 0.3) is 0 Å². The minimum atomic E-state index is -0.555. The molecule has 1 amide bonds. The maximum Gasteiger partial charge on any atom is 0.296 e. The van der Waals surface area contributed by atoms with Gasteiger partial charge in [0.05, 0.1) is 28.9 Å². The smallest absolute Gasteiger partial charge is 0.296 e. The van der Waals surface area contributed by atoms with Crippen LogP contribution < -0.4 is 10.1 Å². The second kappa shape index (κ2) is 6.91. The van der Waals surface area contributed by atoms with Gasteiger partial charge in [-0.25, -0.2) is 0 Å². The van der Waals surface area contributed by atoms with Crippen LogP contribution in [0.15, 0.2) is 24.4 Å². The zero-order valence-electron chi connectivity index (χ0n) is 13.2. The van der Waals surface area contributed by atoms with E-state index in [-0.39, 0.29) is 11.4 Å². The van der Waals surface area contributed by atoms with Gasteiger partial charge in [-0.1, -0.05) is 0 Å². The standard InChI is InChI=1S/C15H18N4O4/c1-4-18-9-12(10(3)17-18)15(20)16-13-7-6-11(23-5-2)8-14(13)19(21)22/h6-9H,4-5H2,1-3H3,(H,16,20). The molecule has 8 nitrogen and oxygen atoms in total. The van der Waals surface area contributed by atoms with E-state index in [1.807, 2.05) is 6.92 Å². The third-order valence-electron chi connectivity index (χ3n) is 3.24. The fourth-order valence-corrected chi connectivity index (χ4v) is 2.12. The number of amides is 1. The number of anilines is 1. The van der Waals surface area contributed by atoms with Gasteiger partial charge in [0, 0.05) is 12.7 Å². The maximum absolute atomic E-state index is 12.3. The number of nitro benzene ring substituents is 1. The lowest BCUT2D eigenvalue weighted by molar-refractivity contribution is -0.384. The molecular weight excluding hydrogens is 300 g/mol. The van der Waals surface area contributed by atoms with Gasteiger partial charge in [-0.15, -0.1) is 0 Å². The van der Waals surface area contributed by atoms with E-state index in [9.17, 15) is 14.9 Å². The Balaban J connectivity index is 2.29. The van der Waals surface area contributed by atoms with E-state index >= 15 is 0 Å². The zero-order chi connectivity index (χ0) is 17.0. The van der Waals surface area contributed by atoms with Crippen molar-refractivity contribution < 1.29 is 14.5 Å². The number of hydrogen-bond acceptors (Lipinski definition) is 5. The molecule has 23 heavy (non-hydrogen) atoms. The molecule has 0 spiro atoms. The van der Waals surface area contributed by atoms with E-state index in [1.165, 1.54) is 12.1 Å². The first-order chi connectivity index (χ1) is 11.0. The Hall–Kier alpha value is -2.90. The molecule has 1 aromatic heterocycles. The van der Waals surface area contributed by atoms with Gasteiger partial charge in [-0.3, -0.25) is 19.6 Å². The van der Waals surface area contributed by atoms with Crippen LogP contribution in [-0.4, -0.2) is 27.2 Å². The van der Waals surface area contributed by atoms with Crippen molar-refractivity contribution >= 4 is 17.3 Å². The molecule has 0 unspecified atom stereocenters. The number of nitro groups is 1. The van der Waals surface area contributed by atoms with Gasteiger partial charge in [0.25, 0.3) is 11.6 Å². The number of rotatable bonds is 6. The first kappa shape index (κ1) is 16.5. The van der Waals surface area contributed by atoms with E-state index in [4.69, 9.17) is 4.74 Å². The molecule has 0 aliphatic rings. The topological polar surface area (TPSA) is 99.3 Å². The van der Waals surface area contributed by atoms with Crippen LogP contribution in [0.4, 0.5) is 11.4 Å². The van der Waals surface area contributed by atoms with E-state index in [0.29, 0.717) is 30.2 Å². The van der Waals surface area contributed by atoms with Crippen LogP contribution in [0.3, 0.4) is 0 Å². The summed E-state index contributed by atoms with van der Waals surface area (Å²) in [6.45, 7) is 6.45. The Morgan fingerprint density at radius 3 is 2.74 bits per heavy atom. The predicted molar refractivity (Wildman–Crippen MR) is 84.9 cm³/mol. The Labute approximate surface area is 133 Å². The number of ether oxygens (including phenoxy) is 1. The van der Waals surface area contributed by atoms with E-state index in [2.05, 4.69) is 10.4 Å². The summed E-state index contributed by atoms with van der Waals surface area (Å²) in [5, 5.41) is 18.0. The summed E-state index contributed by atoms with van der Waals surface area (Å²) in [4.78, 5) is 23.0. The largest absolute Gasteiger partial charge is 0.494 e. The van der Waals surface area contributed by atoms with Crippen LogP contribution in [0.1, 0.15) is 29.9 Å². The lowest BCUT2D eigenvalue weighted by Crippen LogP contribution is -2.13. The SMILES string of the molecule is CCOc1ccc(NC(=O)c2cn(CC)nc2C)c([N+](=O)[O-])c1. The minimum Gasteiger partial charge on any atom is -0.494 e. The minimum absolute atomic E-state index is 0.118. The van der Waals surface area contributed by atoms with E-state index in [1.54, 1.807) is 30.8 Å². The fourth-order valence-electron chi connectivity index (χ4n) is 2.12. The van der Waals surface area contributed by atoms with Crippen molar-refractivity contribution in [1.82, 2.24) is 9.78 Å². The first-order valence-corrected chi connectivity index (χ1v) is 7.22. The van der Waals surface area contributed by atoms with Crippen LogP contribution in [0.2, 0.25) is 0 Å². The van der Waals surface area contributed by atoms with Gasteiger partial charge in [-0.2, -0.15) is 5.10 Å². The Bertz CT molecular complexity index is 739. The summed E-state index contributed by atoms with van der Waals surface area (Å²) < 4.78 is 6.88. The molecule has 2 rings (SSSR count). The van der Waals surface area contributed by atoms with Crippen molar-refractivity contribution in [3.63, 3.8) is 0 Å². The average Bonchev–Trinajstić information content (AvgIpc) is 2.90. The molecule has 0 radical (unpaired) electrons. The van der Waals surface area contributed by atoms with Crippen LogP contribution in [0.5, 0.6) is 5.75 Å². The molecule has 1 aromatic carbocycles. The summed E-state index contributed by atoms with van der Waals surface area (Å²) >= 11 is 0. The van der Waals surface area contributed by atoms with Crippen molar-refractivity contribution in [2.24, 2.45) is 0 Å². The fraction of sp³-hybridized carbons (Fsp3) is 0.333. The number of carbonyl (C=O) groups excluding carboxylic acids is 1. The van der Waals surface area contributed by atoms with E-state index < -0.39 is 10.8 Å². The van der Waals surface area contributed by atoms with Crippen molar-refractivity contribution in [3.8, 4) is 5.75 Å². The molecule has 0 aliphatic heterocycles. The maximum atomic E-state index is 12.3. The van der Waals surface area contributed by atoms with Crippen molar-refractivity contribution in [2.75, 3.05) is 11.9 Å². The molecule has 122 valence electrons. The number of aryl methyl sites for hydroxylation is 2. The molecule has 0 fully saturated rings. The molecule has 2 aromatic rings. The number of aromatic nitrogens is 2. The Morgan fingerprint density at radius 1 is 1.43 bits per heavy atom. The number of carbonyl (C=O) groups is 1. The van der Waals surface area contributed by atoms with Crippen molar-refractivity contribution in [3.05, 3.63) is 45.8 Å². The number of hydrogen-bond donors (Lipinski definition) is 1. The zero-order valence-corrected chi connectivity index (χ0v) is 13.2. The normalized spacial score (nSPS) is 10.4. The molecule has 1 heterocycles. The van der Waals surface area contributed by atoms with Gasteiger partial charge in [0.15, 0.2) is 0 Å². The second-order valence-electron chi connectivity index (χ2n) is 4.81.